The highest BCUT2D eigenvalue weighted by molar-refractivity contribution is 8.76. The van der Waals surface area contributed by atoms with Crippen molar-refractivity contribution in [3.63, 3.8) is 0 Å². The summed E-state index contributed by atoms with van der Waals surface area (Å²) in [6, 6.07) is 0. The Kier molecular flexibility index (Phi) is 4.22. The lowest BCUT2D eigenvalue weighted by Crippen LogP contribution is -1.86. The van der Waals surface area contributed by atoms with Gasteiger partial charge >= 0.3 is 0 Å². The Morgan fingerprint density at radius 2 is 1.22 bits per heavy atom. The summed E-state index contributed by atoms with van der Waals surface area (Å²) >= 11 is 2.47. The molecule has 0 aromatic carbocycles. The van der Waals surface area contributed by atoms with Crippen molar-refractivity contribution in [2.75, 3.05) is 0 Å². The molecule has 2 rings (SSSR count). The Bertz CT molecular complexity index is 541. The van der Waals surface area contributed by atoms with Crippen LogP contribution in [0.15, 0.2) is 31.3 Å². The molecule has 0 N–H and O–H groups in total. The Hall–Kier alpha value is -1.10. The van der Waals surface area contributed by atoms with Crippen LogP contribution in [0.25, 0.3) is 0 Å². The first-order valence-corrected chi connectivity index (χ1v) is 8.39. The van der Waals surface area contributed by atoms with Gasteiger partial charge < -0.3 is 0 Å². The fourth-order valence-corrected chi connectivity index (χ4v) is 5.52. The highest BCUT2D eigenvalue weighted by Gasteiger charge is 2.19. The summed E-state index contributed by atoms with van der Waals surface area (Å²) in [5, 5.41) is 27.6. The van der Waals surface area contributed by atoms with Crippen LogP contribution < -0.4 is 0 Å². The van der Waals surface area contributed by atoms with Crippen molar-refractivity contribution in [2.24, 2.45) is 0 Å². The zero-order valence-corrected chi connectivity index (χ0v) is 11.7. The van der Waals surface area contributed by atoms with E-state index in [-0.39, 0.29) is 11.4 Å². The lowest BCUT2D eigenvalue weighted by Gasteiger charge is -1.96. The van der Waals surface area contributed by atoms with E-state index >= 15 is 0 Å². The molecular weight excluding hydrogens is 316 g/mol. The second-order valence-corrected chi connectivity index (χ2v) is 6.62. The summed E-state index contributed by atoms with van der Waals surface area (Å²) in [4.78, 5) is 21.5. The van der Waals surface area contributed by atoms with Gasteiger partial charge in [0.15, 0.2) is 0 Å². The van der Waals surface area contributed by atoms with Gasteiger partial charge in [-0.05, 0) is 21.6 Å². The number of thiophene rings is 2. The first kappa shape index (κ1) is 13.3. The van der Waals surface area contributed by atoms with Crippen LogP contribution in [-0.4, -0.2) is 9.85 Å². The van der Waals surface area contributed by atoms with E-state index in [2.05, 4.69) is 0 Å². The molecule has 18 heavy (non-hydrogen) atoms. The Morgan fingerprint density at radius 3 is 1.56 bits per heavy atom. The fraction of sp³-hybridized carbons (Fsp3) is 0. The minimum Gasteiger partial charge on any atom is -0.258 e. The maximum absolute atomic E-state index is 10.7. The van der Waals surface area contributed by atoms with Gasteiger partial charge in [0.1, 0.15) is 9.79 Å². The molecule has 0 saturated carbocycles. The molecule has 2 aromatic heterocycles. The topological polar surface area (TPSA) is 86.3 Å². The van der Waals surface area contributed by atoms with Crippen LogP contribution in [0, 0.1) is 20.2 Å². The predicted octanol–water partition coefficient (Wildman–Crippen LogP) is 4.43. The van der Waals surface area contributed by atoms with Gasteiger partial charge in [-0.1, -0.05) is 0 Å². The minimum atomic E-state index is -0.457. The van der Waals surface area contributed by atoms with E-state index in [1.54, 1.807) is 10.8 Å². The molecule has 0 fully saturated rings. The van der Waals surface area contributed by atoms with Gasteiger partial charge in [-0.25, -0.2) is 0 Å². The normalized spacial score (nSPS) is 10.4. The van der Waals surface area contributed by atoms with Crippen LogP contribution in [-0.2, 0) is 0 Å². The van der Waals surface area contributed by atoms with Gasteiger partial charge in [-0.2, -0.15) is 0 Å². The van der Waals surface area contributed by atoms with E-state index in [0.717, 1.165) is 21.6 Å². The second-order valence-electron chi connectivity index (χ2n) is 2.92. The first-order chi connectivity index (χ1) is 8.59. The number of nitrogens with zero attached hydrogens (tertiary/aromatic N) is 2. The molecule has 2 aromatic rings. The molecule has 0 spiro atoms. The van der Waals surface area contributed by atoms with E-state index in [9.17, 15) is 20.2 Å². The zero-order valence-electron chi connectivity index (χ0n) is 8.47. The number of hydrogen-bond acceptors (Lipinski definition) is 8. The summed E-state index contributed by atoms with van der Waals surface area (Å²) < 4.78 is 0. The molecule has 0 aliphatic carbocycles. The average Bonchev–Trinajstić information content (AvgIpc) is 2.94. The van der Waals surface area contributed by atoms with Gasteiger partial charge in [0, 0.05) is 10.8 Å². The summed E-state index contributed by atoms with van der Waals surface area (Å²) in [5.74, 6) is 0. The first-order valence-electron chi connectivity index (χ1n) is 4.35. The van der Waals surface area contributed by atoms with E-state index in [4.69, 9.17) is 0 Å². The van der Waals surface area contributed by atoms with E-state index in [1.807, 2.05) is 0 Å². The van der Waals surface area contributed by atoms with Crippen molar-refractivity contribution in [1.29, 1.82) is 0 Å². The fourth-order valence-electron chi connectivity index (χ4n) is 1.04. The van der Waals surface area contributed by atoms with Crippen LogP contribution in [0.3, 0.4) is 0 Å². The Balaban J connectivity index is 2.12. The summed E-state index contributed by atoms with van der Waals surface area (Å²) in [6.45, 7) is 0. The van der Waals surface area contributed by atoms with Gasteiger partial charge in [-0.3, -0.25) is 20.2 Å². The lowest BCUT2D eigenvalue weighted by atomic mass is 10.5. The van der Waals surface area contributed by atoms with Crippen LogP contribution in [0.1, 0.15) is 0 Å². The summed E-state index contributed by atoms with van der Waals surface area (Å²) in [7, 11) is 2.32. The minimum absolute atomic E-state index is 0.0374. The van der Waals surface area contributed by atoms with E-state index in [0.29, 0.717) is 9.79 Å². The summed E-state index contributed by atoms with van der Waals surface area (Å²) in [6.07, 6.45) is 0. The van der Waals surface area contributed by atoms with Gasteiger partial charge in [-0.15, -0.1) is 22.7 Å². The average molecular weight is 320 g/mol. The van der Waals surface area contributed by atoms with Gasteiger partial charge in [0.05, 0.1) is 20.6 Å². The highest BCUT2D eigenvalue weighted by Crippen LogP contribution is 2.46. The van der Waals surface area contributed by atoms with Crippen molar-refractivity contribution in [1.82, 2.24) is 0 Å². The van der Waals surface area contributed by atoms with Crippen molar-refractivity contribution in [3.05, 3.63) is 41.7 Å². The molecule has 0 radical (unpaired) electrons. The Labute approximate surface area is 117 Å². The van der Waals surface area contributed by atoms with Crippen molar-refractivity contribution in [2.45, 2.75) is 9.79 Å². The monoisotopic (exact) mass is 320 g/mol. The molecule has 0 unspecified atom stereocenters. The molecule has 6 nitrogen and oxygen atoms in total. The van der Waals surface area contributed by atoms with Crippen LogP contribution >= 0.6 is 44.3 Å². The van der Waals surface area contributed by atoms with Crippen LogP contribution in [0.5, 0.6) is 0 Å². The van der Waals surface area contributed by atoms with Crippen molar-refractivity contribution in [3.8, 4) is 0 Å². The smallest absolute Gasteiger partial charge is 0.258 e. The van der Waals surface area contributed by atoms with Crippen molar-refractivity contribution < 1.29 is 9.85 Å². The maximum atomic E-state index is 10.7. The highest BCUT2D eigenvalue weighted by atomic mass is 33.1. The quantitative estimate of drug-likeness (QED) is 0.460. The molecular formula is C8H4N2O4S4. The van der Waals surface area contributed by atoms with Crippen molar-refractivity contribution >= 4 is 55.6 Å². The third-order valence-corrected chi connectivity index (χ3v) is 6.01. The molecule has 2 heterocycles. The van der Waals surface area contributed by atoms with E-state index < -0.39 is 9.85 Å². The molecule has 0 saturated heterocycles. The number of nitro groups is 2. The third-order valence-electron chi connectivity index (χ3n) is 1.83. The molecule has 0 atom stereocenters. The number of hydrogen-bond donors (Lipinski definition) is 0. The van der Waals surface area contributed by atoms with E-state index in [1.165, 1.54) is 33.4 Å². The molecule has 94 valence electrons. The largest absolute Gasteiger partial charge is 0.294 e. The maximum Gasteiger partial charge on any atom is 0.294 e. The molecule has 0 aliphatic rings. The zero-order chi connectivity index (χ0) is 13.1. The van der Waals surface area contributed by atoms with Gasteiger partial charge in [0.2, 0.25) is 0 Å². The summed E-state index contributed by atoms with van der Waals surface area (Å²) in [5.41, 5.74) is 0.0748. The second kappa shape index (κ2) is 5.69. The lowest BCUT2D eigenvalue weighted by molar-refractivity contribution is -0.387. The molecule has 0 aliphatic heterocycles. The standard InChI is InChI=1S/C8H4N2O4S4/c11-9(12)5-1-15-3-7(5)17-18-8-4-16-2-6(8)10(13)14/h1-4H. The van der Waals surface area contributed by atoms with Gasteiger partial charge in [0.25, 0.3) is 11.4 Å². The molecule has 10 heteroatoms. The predicted molar refractivity (Wildman–Crippen MR) is 73.7 cm³/mol. The third kappa shape index (κ3) is 2.83. The SMILES string of the molecule is O=[N+]([O-])c1cscc1SSc1cscc1[N+](=O)[O-]. The Morgan fingerprint density at radius 1 is 0.833 bits per heavy atom. The van der Waals surface area contributed by atoms with Crippen LogP contribution in [0.2, 0.25) is 0 Å². The van der Waals surface area contributed by atoms with Crippen LogP contribution in [0.4, 0.5) is 11.4 Å². The number of rotatable bonds is 5. The molecule has 0 bridgehead atoms. The molecule has 0 amide bonds.